The van der Waals surface area contributed by atoms with Crippen molar-refractivity contribution in [2.24, 2.45) is 5.92 Å². The van der Waals surface area contributed by atoms with Crippen molar-refractivity contribution in [3.8, 4) is 0 Å². The van der Waals surface area contributed by atoms with Crippen LogP contribution in [0.1, 0.15) is 32.6 Å². The first kappa shape index (κ1) is 19.6. The van der Waals surface area contributed by atoms with Gasteiger partial charge in [-0.05, 0) is 42.2 Å². The number of rotatable bonds is 6. The summed E-state index contributed by atoms with van der Waals surface area (Å²) in [7, 11) is -0.669. The molecule has 0 bridgehead atoms. The number of nitrogens with one attached hydrogen (secondary N) is 1. The van der Waals surface area contributed by atoms with E-state index in [1.54, 1.807) is 6.07 Å². The molecule has 2 atom stereocenters. The van der Waals surface area contributed by atoms with Crippen LogP contribution in [0.15, 0.2) is 23.1 Å². The highest BCUT2D eigenvalue weighted by molar-refractivity contribution is 7.89. The largest absolute Gasteiger partial charge is 0.385 e. The lowest BCUT2D eigenvalue weighted by Gasteiger charge is -2.29. The van der Waals surface area contributed by atoms with Gasteiger partial charge in [0.05, 0.1) is 4.90 Å². The fourth-order valence-corrected chi connectivity index (χ4v) is 4.17. The molecule has 1 aliphatic carbocycles. The van der Waals surface area contributed by atoms with Crippen LogP contribution in [-0.2, 0) is 14.8 Å². The minimum atomic E-state index is -3.59. The molecule has 1 fully saturated rings. The van der Waals surface area contributed by atoms with E-state index < -0.39 is 10.0 Å². The quantitative estimate of drug-likeness (QED) is 0.776. The van der Waals surface area contributed by atoms with Crippen LogP contribution in [0.3, 0.4) is 0 Å². The number of sulfonamides is 1. The third-order valence-electron chi connectivity index (χ3n) is 4.94. The van der Waals surface area contributed by atoms with Crippen molar-refractivity contribution in [2.45, 2.75) is 43.5 Å². The van der Waals surface area contributed by atoms with E-state index in [4.69, 9.17) is 4.84 Å². The number of fused-ring (bicyclic) bond motifs is 1. The van der Waals surface area contributed by atoms with Crippen molar-refractivity contribution in [1.29, 1.82) is 0 Å². The van der Waals surface area contributed by atoms with Crippen LogP contribution in [0.25, 0.3) is 11.0 Å². The van der Waals surface area contributed by atoms with Gasteiger partial charge in [0.1, 0.15) is 11.0 Å². The Morgan fingerprint density at radius 3 is 2.78 bits per heavy atom. The third kappa shape index (κ3) is 4.22. The van der Waals surface area contributed by atoms with Gasteiger partial charge in [-0.25, -0.2) is 12.7 Å². The van der Waals surface area contributed by atoms with Crippen molar-refractivity contribution in [1.82, 2.24) is 24.8 Å². The summed E-state index contributed by atoms with van der Waals surface area (Å²) in [6.45, 7) is 1.93. The summed E-state index contributed by atoms with van der Waals surface area (Å²) in [6, 6.07) is 4.63. The molecular weight excluding hydrogens is 370 g/mol. The first-order chi connectivity index (χ1) is 12.8. The zero-order valence-electron chi connectivity index (χ0n) is 15.8. The average Bonchev–Trinajstić information content (AvgIpc) is 3.04. The van der Waals surface area contributed by atoms with Crippen molar-refractivity contribution in [3.63, 3.8) is 0 Å². The molecule has 2 aromatic rings. The molecule has 1 N–H and O–H groups in total. The number of nitrogens with zero attached hydrogens (tertiary/aromatic N) is 4. The van der Waals surface area contributed by atoms with Crippen LogP contribution in [0.5, 0.6) is 0 Å². The fourth-order valence-electron chi connectivity index (χ4n) is 3.24. The van der Waals surface area contributed by atoms with Gasteiger partial charge in [-0.15, -0.1) is 5.10 Å². The van der Waals surface area contributed by atoms with E-state index in [0.717, 1.165) is 28.4 Å². The molecule has 27 heavy (non-hydrogen) atoms. The second-order valence-corrected chi connectivity index (χ2v) is 9.26. The molecule has 0 aliphatic heterocycles. The van der Waals surface area contributed by atoms with E-state index in [1.807, 2.05) is 0 Å². The van der Waals surface area contributed by atoms with Crippen LogP contribution in [0.4, 0.5) is 0 Å². The van der Waals surface area contributed by atoms with E-state index in [9.17, 15) is 13.2 Å². The molecule has 1 amide bonds. The lowest BCUT2D eigenvalue weighted by molar-refractivity contribution is -0.127. The Balaban J connectivity index is 1.70. The molecule has 10 heteroatoms. The maximum Gasteiger partial charge on any atom is 0.261 e. The standard InChI is InChI=1S/C17H25N5O4S/c1-12-6-4-5-7-14(12)18-17(23)11-26-22-16-10-13(27(24,25)21(2)3)8-9-15(16)19-20-22/h8-10,12,14H,4-7,11H2,1-3H3,(H,18,23)/t12-,14+/m0/s1. The minimum Gasteiger partial charge on any atom is -0.385 e. The van der Waals surface area contributed by atoms with Gasteiger partial charge in [0, 0.05) is 20.1 Å². The summed E-state index contributed by atoms with van der Waals surface area (Å²) in [5.74, 6) is 0.225. The third-order valence-corrected chi connectivity index (χ3v) is 6.75. The first-order valence-electron chi connectivity index (χ1n) is 8.99. The smallest absolute Gasteiger partial charge is 0.261 e. The predicted octanol–water partition coefficient (Wildman–Crippen LogP) is 0.805. The second-order valence-electron chi connectivity index (χ2n) is 7.11. The highest BCUT2D eigenvalue weighted by Gasteiger charge is 2.23. The Morgan fingerprint density at radius 1 is 1.33 bits per heavy atom. The van der Waals surface area contributed by atoms with Crippen LogP contribution >= 0.6 is 0 Å². The molecule has 0 unspecified atom stereocenters. The Morgan fingerprint density at radius 2 is 2.07 bits per heavy atom. The fraction of sp³-hybridized carbons (Fsp3) is 0.588. The van der Waals surface area contributed by atoms with Crippen LogP contribution in [0, 0.1) is 5.92 Å². The molecule has 1 heterocycles. The molecule has 1 aromatic heterocycles. The minimum absolute atomic E-state index is 0.104. The molecule has 1 aromatic carbocycles. The summed E-state index contributed by atoms with van der Waals surface area (Å²) >= 11 is 0. The van der Waals surface area contributed by atoms with Gasteiger partial charge < -0.3 is 10.2 Å². The van der Waals surface area contributed by atoms with Crippen LogP contribution < -0.4 is 10.2 Å². The topological polar surface area (TPSA) is 106 Å². The van der Waals surface area contributed by atoms with Gasteiger partial charge in [-0.2, -0.15) is 0 Å². The highest BCUT2D eigenvalue weighted by Crippen LogP contribution is 2.23. The van der Waals surface area contributed by atoms with E-state index in [-0.39, 0.29) is 23.5 Å². The molecule has 0 radical (unpaired) electrons. The Labute approximate surface area is 158 Å². The number of carbonyl (C=O) groups is 1. The number of carbonyl (C=O) groups excluding carboxylic acids is 1. The first-order valence-corrected chi connectivity index (χ1v) is 10.4. The molecule has 0 spiro atoms. The van der Waals surface area contributed by atoms with Crippen molar-refractivity contribution in [2.75, 3.05) is 20.7 Å². The highest BCUT2D eigenvalue weighted by atomic mass is 32.2. The number of hydrogen-bond donors (Lipinski definition) is 1. The second kappa shape index (κ2) is 7.81. The zero-order chi connectivity index (χ0) is 19.6. The molecule has 9 nitrogen and oxygen atoms in total. The predicted molar refractivity (Wildman–Crippen MR) is 99.4 cm³/mol. The maximum atomic E-state index is 12.3. The van der Waals surface area contributed by atoms with Crippen LogP contribution in [-0.4, -0.2) is 60.5 Å². The van der Waals surface area contributed by atoms with Crippen molar-refractivity contribution in [3.05, 3.63) is 18.2 Å². The van der Waals surface area contributed by atoms with Gasteiger partial charge >= 0.3 is 0 Å². The van der Waals surface area contributed by atoms with Gasteiger partial charge in [-0.3, -0.25) is 4.79 Å². The summed E-state index contributed by atoms with van der Waals surface area (Å²) < 4.78 is 25.7. The molecule has 0 saturated heterocycles. The van der Waals surface area contributed by atoms with E-state index in [1.165, 1.54) is 32.6 Å². The lowest BCUT2D eigenvalue weighted by Crippen LogP contribution is -2.43. The Hall–Kier alpha value is -2.20. The summed E-state index contributed by atoms with van der Waals surface area (Å²) in [5, 5.41) is 10.8. The molecular formula is C17H25N5O4S. The van der Waals surface area contributed by atoms with Gasteiger partial charge in [0.25, 0.3) is 5.91 Å². The number of benzene rings is 1. The molecule has 148 valence electrons. The van der Waals surface area contributed by atoms with Gasteiger partial charge in [-0.1, -0.05) is 24.6 Å². The maximum absolute atomic E-state index is 12.3. The van der Waals surface area contributed by atoms with E-state index in [2.05, 4.69) is 22.6 Å². The lowest BCUT2D eigenvalue weighted by atomic mass is 9.86. The SMILES string of the molecule is C[C@H]1CCCC[C@H]1NC(=O)COn1nnc2ccc(S(=O)(=O)N(C)C)cc21. The molecule has 1 saturated carbocycles. The Kier molecular flexibility index (Phi) is 5.66. The molecule has 3 rings (SSSR count). The average molecular weight is 395 g/mol. The zero-order valence-corrected chi connectivity index (χ0v) is 16.6. The van der Waals surface area contributed by atoms with Gasteiger partial charge in [0.2, 0.25) is 10.0 Å². The summed E-state index contributed by atoms with van der Waals surface area (Å²) in [6.07, 6.45) is 4.41. The van der Waals surface area contributed by atoms with E-state index in [0.29, 0.717) is 17.0 Å². The molecule has 1 aliphatic rings. The van der Waals surface area contributed by atoms with Crippen molar-refractivity contribution >= 4 is 27.0 Å². The number of amides is 1. The summed E-state index contributed by atoms with van der Waals surface area (Å²) in [5.41, 5.74) is 0.866. The Bertz CT molecular complexity index is 925. The summed E-state index contributed by atoms with van der Waals surface area (Å²) in [4.78, 5) is 18.8. The van der Waals surface area contributed by atoms with Gasteiger partial charge in [0.15, 0.2) is 6.61 Å². The number of aromatic nitrogens is 3. The van der Waals surface area contributed by atoms with E-state index >= 15 is 0 Å². The normalized spacial score (nSPS) is 20.7. The van der Waals surface area contributed by atoms with Crippen LogP contribution in [0.2, 0.25) is 0 Å². The number of hydrogen-bond acceptors (Lipinski definition) is 6. The van der Waals surface area contributed by atoms with Crippen molar-refractivity contribution < 1.29 is 18.0 Å². The monoisotopic (exact) mass is 395 g/mol.